The molecule has 0 atom stereocenters. The largest absolute Gasteiger partial charge is 0.490 e. The number of hydrogen-bond donors (Lipinski definition) is 0. The average Bonchev–Trinajstić information content (AvgIpc) is 2.82. The summed E-state index contributed by atoms with van der Waals surface area (Å²) in [6.07, 6.45) is 4.38. The van der Waals surface area contributed by atoms with Gasteiger partial charge >= 0.3 is 0 Å². The summed E-state index contributed by atoms with van der Waals surface area (Å²) in [4.78, 5) is 14.7. The molecule has 7 heteroatoms. The van der Waals surface area contributed by atoms with Crippen molar-refractivity contribution in [2.75, 3.05) is 19.8 Å². The van der Waals surface area contributed by atoms with Crippen LogP contribution >= 0.6 is 39.9 Å². The lowest BCUT2D eigenvalue weighted by Gasteiger charge is -2.14. The molecule has 1 aromatic carbocycles. The summed E-state index contributed by atoms with van der Waals surface area (Å²) >= 11 is 10.1. The first-order valence-electron chi connectivity index (χ1n) is 7.97. The van der Waals surface area contributed by atoms with E-state index in [0.29, 0.717) is 40.5 Å². The first-order chi connectivity index (χ1) is 12.0. The normalized spacial score (nSPS) is 15.8. The summed E-state index contributed by atoms with van der Waals surface area (Å²) in [5.74, 6) is 1.20. The van der Waals surface area contributed by atoms with Crippen LogP contribution in [0.1, 0.15) is 25.8 Å². The summed E-state index contributed by atoms with van der Waals surface area (Å²) < 4.78 is 12.7. The van der Waals surface area contributed by atoms with E-state index in [2.05, 4.69) is 22.5 Å². The Labute approximate surface area is 166 Å². The number of carbonyl (C=O) groups is 1. The van der Waals surface area contributed by atoms with Crippen molar-refractivity contribution in [2.24, 2.45) is 0 Å². The van der Waals surface area contributed by atoms with E-state index in [9.17, 15) is 4.79 Å². The van der Waals surface area contributed by atoms with Crippen LogP contribution in [0.4, 0.5) is 0 Å². The second-order valence-electron chi connectivity index (χ2n) is 5.20. The minimum atomic E-state index is -0.0436. The van der Waals surface area contributed by atoms with E-state index in [1.807, 2.05) is 32.1 Å². The lowest BCUT2D eigenvalue weighted by Crippen LogP contribution is -2.28. The Balaban J connectivity index is 2.35. The Morgan fingerprint density at radius 2 is 2.12 bits per heavy atom. The van der Waals surface area contributed by atoms with Gasteiger partial charge in [0.25, 0.3) is 5.91 Å². The highest BCUT2D eigenvalue weighted by Gasteiger charge is 2.31. The van der Waals surface area contributed by atoms with Crippen LogP contribution in [-0.2, 0) is 4.79 Å². The molecule has 1 aliphatic rings. The number of benzene rings is 1. The van der Waals surface area contributed by atoms with E-state index in [-0.39, 0.29) is 5.91 Å². The van der Waals surface area contributed by atoms with E-state index in [0.717, 1.165) is 16.5 Å². The second kappa shape index (κ2) is 9.40. The molecule has 0 unspecified atom stereocenters. The number of amides is 1. The summed E-state index contributed by atoms with van der Waals surface area (Å²) in [5, 5.41) is 0. The molecule has 1 amide bonds. The van der Waals surface area contributed by atoms with Crippen LogP contribution in [-0.4, -0.2) is 34.9 Å². The van der Waals surface area contributed by atoms with Crippen molar-refractivity contribution in [3.8, 4) is 11.5 Å². The van der Waals surface area contributed by atoms with Gasteiger partial charge in [-0.3, -0.25) is 9.69 Å². The maximum absolute atomic E-state index is 12.5. The smallest absolute Gasteiger partial charge is 0.266 e. The molecule has 0 aromatic heterocycles. The van der Waals surface area contributed by atoms with Gasteiger partial charge in [0, 0.05) is 6.54 Å². The molecule has 1 fully saturated rings. The zero-order valence-corrected chi connectivity index (χ0v) is 17.4. The highest BCUT2D eigenvalue weighted by atomic mass is 79.9. The van der Waals surface area contributed by atoms with Gasteiger partial charge in [0.05, 0.1) is 16.0 Å². The van der Waals surface area contributed by atoms with Crippen molar-refractivity contribution in [1.29, 1.82) is 0 Å². The van der Waals surface area contributed by atoms with Crippen molar-refractivity contribution in [3.63, 3.8) is 0 Å². The van der Waals surface area contributed by atoms with Crippen LogP contribution < -0.4 is 9.47 Å². The van der Waals surface area contributed by atoms with Crippen LogP contribution in [0.2, 0.25) is 0 Å². The Morgan fingerprint density at radius 1 is 1.36 bits per heavy atom. The third kappa shape index (κ3) is 4.86. The molecule has 25 heavy (non-hydrogen) atoms. The second-order valence-corrected chi connectivity index (χ2v) is 7.73. The summed E-state index contributed by atoms with van der Waals surface area (Å²) in [7, 11) is 0. The fourth-order valence-corrected chi connectivity index (χ4v) is 4.17. The molecule has 0 saturated carbocycles. The molecule has 1 saturated heterocycles. The molecule has 1 aliphatic heterocycles. The molecule has 2 rings (SSSR count). The molecule has 134 valence electrons. The molecule has 4 nitrogen and oxygen atoms in total. The van der Waals surface area contributed by atoms with Gasteiger partial charge in [0.15, 0.2) is 11.5 Å². The topological polar surface area (TPSA) is 38.8 Å². The van der Waals surface area contributed by atoms with Gasteiger partial charge in [-0.1, -0.05) is 43.6 Å². The molecule has 0 aliphatic carbocycles. The van der Waals surface area contributed by atoms with Crippen molar-refractivity contribution >= 4 is 56.2 Å². The molecular formula is C18H20BrNO3S2. The maximum Gasteiger partial charge on any atom is 0.266 e. The number of carbonyl (C=O) groups excluding carboxylic acids is 1. The molecule has 0 radical (unpaired) electrons. The lowest BCUT2D eigenvalue weighted by atomic mass is 10.2. The monoisotopic (exact) mass is 441 g/mol. The first-order valence-corrected chi connectivity index (χ1v) is 9.99. The minimum Gasteiger partial charge on any atom is -0.490 e. The van der Waals surface area contributed by atoms with E-state index in [4.69, 9.17) is 21.7 Å². The Hall–Kier alpha value is -1.31. The van der Waals surface area contributed by atoms with Gasteiger partial charge in [-0.2, -0.15) is 0 Å². The minimum absolute atomic E-state index is 0.0436. The zero-order valence-electron chi connectivity index (χ0n) is 14.2. The molecular weight excluding hydrogens is 422 g/mol. The van der Waals surface area contributed by atoms with E-state index in [1.54, 1.807) is 11.0 Å². The summed E-state index contributed by atoms with van der Waals surface area (Å²) in [6.45, 7) is 9.13. The van der Waals surface area contributed by atoms with Crippen molar-refractivity contribution in [1.82, 2.24) is 4.90 Å². The van der Waals surface area contributed by atoms with E-state index < -0.39 is 0 Å². The summed E-state index contributed by atoms with van der Waals surface area (Å²) in [5.41, 5.74) is 0.846. The number of ether oxygens (including phenoxy) is 2. The van der Waals surface area contributed by atoms with Crippen molar-refractivity contribution in [2.45, 2.75) is 20.3 Å². The number of thioether (sulfide) groups is 1. The fraction of sp³-hybridized carbons (Fsp3) is 0.333. The van der Waals surface area contributed by atoms with Crippen LogP contribution in [0.15, 0.2) is 34.2 Å². The van der Waals surface area contributed by atoms with Gasteiger partial charge in [0.1, 0.15) is 10.9 Å². The highest BCUT2D eigenvalue weighted by Crippen LogP contribution is 2.39. The SMILES string of the molecule is C=CCOc1c(Br)cc(/C=C2\SC(=S)N(CCC)C2=O)cc1OCC. The number of nitrogens with zero attached hydrogens (tertiary/aromatic N) is 1. The van der Waals surface area contributed by atoms with Crippen LogP contribution in [0.25, 0.3) is 6.08 Å². The quantitative estimate of drug-likeness (QED) is 0.321. The van der Waals surface area contributed by atoms with Gasteiger partial charge in [-0.05, 0) is 53.0 Å². The molecule has 0 spiro atoms. The average molecular weight is 442 g/mol. The predicted molar refractivity (Wildman–Crippen MR) is 111 cm³/mol. The van der Waals surface area contributed by atoms with Gasteiger partial charge in [0.2, 0.25) is 0 Å². The van der Waals surface area contributed by atoms with Gasteiger partial charge < -0.3 is 9.47 Å². The zero-order chi connectivity index (χ0) is 18.4. The number of rotatable bonds is 8. The molecule has 1 heterocycles. The Kier molecular flexibility index (Phi) is 7.53. The van der Waals surface area contributed by atoms with E-state index >= 15 is 0 Å². The first kappa shape index (κ1) is 20.0. The fourth-order valence-electron chi connectivity index (χ4n) is 2.28. The highest BCUT2D eigenvalue weighted by molar-refractivity contribution is 9.10. The molecule has 1 aromatic rings. The predicted octanol–water partition coefficient (Wildman–Crippen LogP) is 5.02. The summed E-state index contributed by atoms with van der Waals surface area (Å²) in [6, 6.07) is 3.76. The standard InChI is InChI=1S/C18H20BrNO3S2/c1-4-7-20-17(21)15(25-18(20)24)11-12-9-13(19)16(23-8-5-2)14(10-12)22-6-3/h5,9-11H,2,4,6-8H2,1,3H3/b15-11-. The van der Waals surface area contributed by atoms with Gasteiger partial charge in [-0.25, -0.2) is 0 Å². The number of halogens is 1. The van der Waals surface area contributed by atoms with Crippen molar-refractivity contribution < 1.29 is 14.3 Å². The number of thiocarbonyl (C=S) groups is 1. The van der Waals surface area contributed by atoms with Crippen molar-refractivity contribution in [3.05, 3.63) is 39.7 Å². The van der Waals surface area contributed by atoms with Crippen LogP contribution in [0.5, 0.6) is 11.5 Å². The van der Waals surface area contributed by atoms with E-state index in [1.165, 1.54) is 11.8 Å². The lowest BCUT2D eigenvalue weighted by molar-refractivity contribution is -0.122. The Bertz CT molecular complexity index is 719. The molecule has 0 N–H and O–H groups in total. The number of hydrogen-bond acceptors (Lipinski definition) is 5. The van der Waals surface area contributed by atoms with Crippen LogP contribution in [0.3, 0.4) is 0 Å². The molecule has 0 bridgehead atoms. The third-order valence-corrected chi connectivity index (χ3v) is 5.26. The maximum atomic E-state index is 12.5. The Morgan fingerprint density at radius 3 is 2.76 bits per heavy atom. The van der Waals surface area contributed by atoms with Gasteiger partial charge in [-0.15, -0.1) is 0 Å². The van der Waals surface area contributed by atoms with Crippen LogP contribution in [0, 0.1) is 0 Å². The third-order valence-electron chi connectivity index (χ3n) is 3.30.